The maximum absolute atomic E-state index is 13.7. The van der Waals surface area contributed by atoms with Crippen molar-refractivity contribution in [1.29, 1.82) is 0 Å². The third-order valence-corrected chi connectivity index (χ3v) is 2.96. The molecule has 0 spiro atoms. The molecule has 0 amide bonds. The molecule has 112 valence electrons. The van der Waals surface area contributed by atoms with E-state index in [1.54, 1.807) is 12.3 Å². The van der Waals surface area contributed by atoms with Crippen molar-refractivity contribution in [2.45, 2.75) is 20.4 Å². The summed E-state index contributed by atoms with van der Waals surface area (Å²) in [6, 6.07) is 4.55. The van der Waals surface area contributed by atoms with Crippen molar-refractivity contribution in [3.63, 3.8) is 0 Å². The number of halogens is 2. The van der Waals surface area contributed by atoms with Gasteiger partial charge in [-0.05, 0) is 24.6 Å². The lowest BCUT2D eigenvalue weighted by Gasteiger charge is -2.08. The van der Waals surface area contributed by atoms with Crippen LogP contribution in [-0.4, -0.2) is 16.5 Å². The Morgan fingerprint density at radius 2 is 2.10 bits per heavy atom. The lowest BCUT2D eigenvalue weighted by molar-refractivity contribution is 0.424. The van der Waals surface area contributed by atoms with Crippen molar-refractivity contribution in [2.24, 2.45) is 5.92 Å². The van der Waals surface area contributed by atoms with Crippen LogP contribution in [0.25, 0.3) is 0 Å². The van der Waals surface area contributed by atoms with E-state index in [9.17, 15) is 4.39 Å². The van der Waals surface area contributed by atoms with Crippen molar-refractivity contribution in [1.82, 2.24) is 15.3 Å². The Labute approximate surface area is 128 Å². The van der Waals surface area contributed by atoms with Crippen LogP contribution in [0.15, 0.2) is 30.6 Å². The third kappa shape index (κ3) is 4.65. The van der Waals surface area contributed by atoms with Gasteiger partial charge >= 0.3 is 0 Å². The molecule has 4 nitrogen and oxygen atoms in total. The minimum atomic E-state index is -0.608. The number of rotatable bonds is 6. The molecule has 1 heterocycles. The van der Waals surface area contributed by atoms with E-state index in [1.165, 1.54) is 18.3 Å². The first kappa shape index (κ1) is 15.7. The molecule has 0 bridgehead atoms. The molecule has 0 aliphatic rings. The van der Waals surface area contributed by atoms with E-state index < -0.39 is 5.82 Å². The quantitative estimate of drug-likeness (QED) is 0.881. The van der Waals surface area contributed by atoms with Crippen LogP contribution in [0.4, 0.5) is 4.39 Å². The smallest absolute Gasteiger partial charge is 0.237 e. The first-order valence-electron chi connectivity index (χ1n) is 6.69. The molecule has 0 unspecified atom stereocenters. The van der Waals surface area contributed by atoms with Crippen LogP contribution < -0.4 is 10.1 Å². The maximum Gasteiger partial charge on any atom is 0.237 e. The molecule has 1 aromatic carbocycles. The van der Waals surface area contributed by atoms with Crippen LogP contribution in [0.3, 0.4) is 0 Å². The second-order valence-electron chi connectivity index (χ2n) is 5.02. The number of hydrogen-bond donors (Lipinski definition) is 1. The van der Waals surface area contributed by atoms with Gasteiger partial charge in [-0.25, -0.2) is 9.37 Å². The molecule has 0 atom stereocenters. The number of benzene rings is 1. The van der Waals surface area contributed by atoms with Gasteiger partial charge in [0.15, 0.2) is 11.6 Å². The normalized spacial score (nSPS) is 10.9. The summed E-state index contributed by atoms with van der Waals surface area (Å²) in [5, 5.41) is 3.28. The standard InChI is InChI=1S/C15H17ClFN3O/c1-10(2)6-18-7-11-8-20-14(9-19-11)21-13-5-3-4-12(16)15(13)17/h3-5,8-10,18H,6-7H2,1-2H3. The predicted octanol–water partition coefficient (Wildman–Crippen LogP) is 3.81. The van der Waals surface area contributed by atoms with Crippen LogP contribution in [-0.2, 0) is 6.54 Å². The minimum absolute atomic E-state index is 0.00923. The lowest BCUT2D eigenvalue weighted by atomic mass is 10.2. The molecule has 1 N–H and O–H groups in total. The van der Waals surface area contributed by atoms with Gasteiger partial charge in [0.05, 0.1) is 23.1 Å². The minimum Gasteiger partial charge on any atom is -0.434 e. The van der Waals surface area contributed by atoms with E-state index in [4.69, 9.17) is 16.3 Å². The summed E-state index contributed by atoms with van der Waals surface area (Å²) < 4.78 is 19.0. The van der Waals surface area contributed by atoms with E-state index in [-0.39, 0.29) is 16.7 Å². The van der Waals surface area contributed by atoms with E-state index in [2.05, 4.69) is 29.1 Å². The van der Waals surface area contributed by atoms with Crippen molar-refractivity contribution in [2.75, 3.05) is 6.54 Å². The zero-order valence-corrected chi connectivity index (χ0v) is 12.7. The van der Waals surface area contributed by atoms with E-state index >= 15 is 0 Å². The Morgan fingerprint density at radius 3 is 2.76 bits per heavy atom. The Kier molecular flexibility index (Phi) is 5.47. The molecule has 1 aromatic heterocycles. The largest absolute Gasteiger partial charge is 0.434 e. The summed E-state index contributed by atoms with van der Waals surface area (Å²) in [5.41, 5.74) is 0.801. The number of nitrogens with one attached hydrogen (secondary N) is 1. The molecule has 0 aliphatic heterocycles. The van der Waals surface area contributed by atoms with Gasteiger partial charge in [0.1, 0.15) is 0 Å². The summed E-state index contributed by atoms with van der Waals surface area (Å²) in [6.07, 6.45) is 3.07. The van der Waals surface area contributed by atoms with E-state index in [0.717, 1.165) is 12.2 Å². The molecule has 0 radical (unpaired) electrons. The van der Waals surface area contributed by atoms with Crippen LogP contribution in [0, 0.1) is 11.7 Å². The second kappa shape index (κ2) is 7.33. The summed E-state index contributed by atoms with van der Waals surface area (Å²) in [5.74, 6) is 0.223. The molecule has 0 saturated carbocycles. The van der Waals surface area contributed by atoms with Gasteiger partial charge in [0.2, 0.25) is 5.88 Å². The van der Waals surface area contributed by atoms with Crippen molar-refractivity contribution < 1.29 is 9.13 Å². The van der Waals surface area contributed by atoms with Crippen molar-refractivity contribution in [3.05, 3.63) is 47.1 Å². The van der Waals surface area contributed by atoms with Gasteiger partial charge in [-0.2, -0.15) is 0 Å². The lowest BCUT2D eigenvalue weighted by Crippen LogP contribution is -2.19. The average molecular weight is 310 g/mol. The van der Waals surface area contributed by atoms with Gasteiger partial charge in [-0.1, -0.05) is 31.5 Å². The molecule has 0 saturated heterocycles. The van der Waals surface area contributed by atoms with E-state index in [1.807, 2.05) is 0 Å². The summed E-state index contributed by atoms with van der Waals surface area (Å²) in [6.45, 7) is 5.81. The summed E-state index contributed by atoms with van der Waals surface area (Å²) in [7, 11) is 0. The molecule has 2 rings (SSSR count). The first-order chi connectivity index (χ1) is 10.1. The highest BCUT2D eigenvalue weighted by molar-refractivity contribution is 6.30. The van der Waals surface area contributed by atoms with Gasteiger partial charge in [0, 0.05) is 6.54 Å². The fourth-order valence-electron chi connectivity index (χ4n) is 1.65. The molecule has 6 heteroatoms. The Morgan fingerprint density at radius 1 is 1.29 bits per heavy atom. The topological polar surface area (TPSA) is 47.0 Å². The summed E-state index contributed by atoms with van der Waals surface area (Å²) >= 11 is 5.69. The monoisotopic (exact) mass is 309 g/mol. The molecule has 2 aromatic rings. The fourth-order valence-corrected chi connectivity index (χ4v) is 1.82. The number of aromatic nitrogens is 2. The van der Waals surface area contributed by atoms with Gasteiger partial charge in [-0.15, -0.1) is 0 Å². The van der Waals surface area contributed by atoms with Crippen LogP contribution in [0.2, 0.25) is 5.02 Å². The predicted molar refractivity (Wildman–Crippen MR) is 80.1 cm³/mol. The van der Waals surface area contributed by atoms with Crippen LogP contribution in [0.5, 0.6) is 11.6 Å². The zero-order valence-electron chi connectivity index (χ0n) is 11.9. The fraction of sp³-hybridized carbons (Fsp3) is 0.333. The van der Waals surface area contributed by atoms with Gasteiger partial charge in [-0.3, -0.25) is 4.98 Å². The number of ether oxygens (including phenoxy) is 1. The van der Waals surface area contributed by atoms with Crippen molar-refractivity contribution in [3.8, 4) is 11.6 Å². The number of nitrogens with zero attached hydrogens (tertiary/aromatic N) is 2. The maximum atomic E-state index is 13.7. The average Bonchev–Trinajstić information content (AvgIpc) is 2.45. The van der Waals surface area contributed by atoms with Crippen molar-refractivity contribution >= 4 is 11.6 Å². The third-order valence-electron chi connectivity index (χ3n) is 2.67. The highest BCUT2D eigenvalue weighted by atomic mass is 35.5. The van der Waals surface area contributed by atoms with Crippen LogP contribution in [0.1, 0.15) is 19.5 Å². The first-order valence-corrected chi connectivity index (χ1v) is 7.07. The Bertz CT molecular complexity index is 590. The Hall–Kier alpha value is -1.72. The molecule has 0 aliphatic carbocycles. The molecular weight excluding hydrogens is 293 g/mol. The SMILES string of the molecule is CC(C)CNCc1cnc(Oc2cccc(Cl)c2F)cn1. The molecule has 0 fully saturated rings. The van der Waals surface area contributed by atoms with Gasteiger partial charge < -0.3 is 10.1 Å². The Balaban J connectivity index is 1.97. The molecule has 21 heavy (non-hydrogen) atoms. The zero-order chi connectivity index (χ0) is 15.2. The molecular formula is C15H17ClFN3O. The summed E-state index contributed by atoms with van der Waals surface area (Å²) in [4.78, 5) is 8.33. The highest BCUT2D eigenvalue weighted by Crippen LogP contribution is 2.27. The highest BCUT2D eigenvalue weighted by Gasteiger charge is 2.09. The van der Waals surface area contributed by atoms with Crippen LogP contribution >= 0.6 is 11.6 Å². The van der Waals surface area contributed by atoms with E-state index in [0.29, 0.717) is 12.5 Å². The number of hydrogen-bond acceptors (Lipinski definition) is 4. The van der Waals surface area contributed by atoms with Gasteiger partial charge in [0.25, 0.3) is 0 Å². The second-order valence-corrected chi connectivity index (χ2v) is 5.43.